The first-order chi connectivity index (χ1) is 5.57. The van der Waals surface area contributed by atoms with E-state index in [4.69, 9.17) is 0 Å². The second-order valence-corrected chi connectivity index (χ2v) is 2.44. The van der Waals surface area contributed by atoms with Gasteiger partial charge in [-0.1, -0.05) is 30.9 Å². The summed E-state index contributed by atoms with van der Waals surface area (Å²) in [5.41, 5.74) is 0.493. The zero-order valence-electron chi connectivity index (χ0n) is 7.38. The van der Waals surface area contributed by atoms with Crippen molar-refractivity contribution in [1.82, 2.24) is 0 Å². The molecular formula is C10H13FO. The van der Waals surface area contributed by atoms with Crippen LogP contribution in [0.25, 0.3) is 0 Å². The third-order valence-electron chi connectivity index (χ3n) is 1.28. The van der Waals surface area contributed by atoms with Crippen LogP contribution in [0.3, 0.4) is 0 Å². The third kappa shape index (κ3) is 4.61. The molecule has 0 rings (SSSR count). The number of carbonyl (C=O) groups excluding carboxylic acids is 1. The number of alkyl halides is 1. The van der Waals surface area contributed by atoms with Crippen molar-refractivity contribution in [2.24, 2.45) is 0 Å². The van der Waals surface area contributed by atoms with Gasteiger partial charge in [-0.25, -0.2) is 4.39 Å². The molecule has 0 radical (unpaired) electrons. The van der Waals surface area contributed by atoms with Crippen LogP contribution in [0.5, 0.6) is 0 Å². The van der Waals surface area contributed by atoms with E-state index in [0.29, 0.717) is 5.57 Å². The fourth-order valence-electron chi connectivity index (χ4n) is 0.641. The molecule has 0 aromatic carbocycles. The van der Waals surface area contributed by atoms with E-state index in [0.717, 1.165) is 0 Å². The molecule has 0 amide bonds. The molecule has 12 heavy (non-hydrogen) atoms. The average molecular weight is 168 g/mol. The number of halogens is 1. The monoisotopic (exact) mass is 168 g/mol. The number of hydrogen-bond acceptors (Lipinski definition) is 1. The van der Waals surface area contributed by atoms with E-state index in [9.17, 15) is 9.18 Å². The Bertz CT molecular complexity index is 224. The average Bonchev–Trinajstić information content (AvgIpc) is 1.96. The Morgan fingerprint density at radius 1 is 1.58 bits per heavy atom. The molecule has 0 N–H and O–H groups in total. The Morgan fingerprint density at radius 2 is 2.17 bits per heavy atom. The first-order valence-corrected chi connectivity index (χ1v) is 3.74. The van der Waals surface area contributed by atoms with Crippen LogP contribution in [0, 0.1) is 0 Å². The molecule has 0 saturated heterocycles. The van der Waals surface area contributed by atoms with Gasteiger partial charge in [-0.05, 0) is 13.8 Å². The van der Waals surface area contributed by atoms with Crippen LogP contribution < -0.4 is 0 Å². The lowest BCUT2D eigenvalue weighted by molar-refractivity contribution is -0.113. The molecule has 1 unspecified atom stereocenters. The number of carbonyl (C=O) groups is 1. The van der Waals surface area contributed by atoms with Gasteiger partial charge >= 0.3 is 0 Å². The highest BCUT2D eigenvalue weighted by Gasteiger charge is 1.95. The highest BCUT2D eigenvalue weighted by Crippen LogP contribution is 1.99. The Labute approximate surface area is 72.3 Å². The van der Waals surface area contributed by atoms with E-state index >= 15 is 0 Å². The van der Waals surface area contributed by atoms with Crippen molar-refractivity contribution in [2.75, 3.05) is 0 Å². The summed E-state index contributed by atoms with van der Waals surface area (Å²) in [7, 11) is 0. The predicted molar refractivity (Wildman–Crippen MR) is 48.7 cm³/mol. The van der Waals surface area contributed by atoms with Crippen LogP contribution >= 0.6 is 0 Å². The molecular weight excluding hydrogens is 155 g/mol. The van der Waals surface area contributed by atoms with Crippen molar-refractivity contribution in [3.63, 3.8) is 0 Å². The maximum absolute atomic E-state index is 12.2. The molecule has 0 aliphatic carbocycles. The van der Waals surface area contributed by atoms with Gasteiger partial charge in [0.2, 0.25) is 0 Å². The van der Waals surface area contributed by atoms with Crippen molar-refractivity contribution in [2.45, 2.75) is 20.0 Å². The molecule has 0 fully saturated rings. The second kappa shape index (κ2) is 5.47. The Morgan fingerprint density at radius 3 is 2.50 bits per heavy atom. The number of ketones is 1. The normalized spacial score (nSPS) is 14.8. The molecule has 0 heterocycles. The van der Waals surface area contributed by atoms with Gasteiger partial charge in [-0.3, -0.25) is 4.79 Å². The maximum atomic E-state index is 12.2. The summed E-state index contributed by atoms with van der Waals surface area (Å²) in [5.74, 6) is -0.0684. The highest BCUT2D eigenvalue weighted by molar-refractivity contribution is 5.96. The fourth-order valence-corrected chi connectivity index (χ4v) is 0.641. The molecule has 1 nitrogen and oxygen atoms in total. The van der Waals surface area contributed by atoms with Crippen LogP contribution in [0.2, 0.25) is 0 Å². The van der Waals surface area contributed by atoms with Gasteiger partial charge in [-0.2, -0.15) is 0 Å². The zero-order valence-corrected chi connectivity index (χ0v) is 7.38. The zero-order chi connectivity index (χ0) is 9.56. The molecule has 0 aromatic heterocycles. The summed E-state index contributed by atoms with van der Waals surface area (Å²) < 4.78 is 12.2. The van der Waals surface area contributed by atoms with Gasteiger partial charge in [0, 0.05) is 5.57 Å². The smallest absolute Gasteiger partial charge is 0.159 e. The number of hydrogen-bond donors (Lipinski definition) is 0. The lowest BCUT2D eigenvalue weighted by atomic mass is 10.1. The standard InChI is InChI=1S/C10H13FO/c1-4-10(9(3)12)7-5-6-8(2)11/h4-8H,1H2,2-3H3/b6-5-,10-7+. The molecule has 2 heteroatoms. The summed E-state index contributed by atoms with van der Waals surface area (Å²) in [4.78, 5) is 10.8. The van der Waals surface area contributed by atoms with E-state index in [2.05, 4.69) is 6.58 Å². The van der Waals surface area contributed by atoms with Crippen molar-refractivity contribution in [3.05, 3.63) is 36.5 Å². The molecule has 0 bridgehead atoms. The number of rotatable bonds is 4. The minimum Gasteiger partial charge on any atom is -0.295 e. The molecule has 66 valence electrons. The van der Waals surface area contributed by atoms with Crippen LogP contribution in [0.4, 0.5) is 4.39 Å². The van der Waals surface area contributed by atoms with Gasteiger partial charge in [0.25, 0.3) is 0 Å². The quantitative estimate of drug-likeness (QED) is 0.466. The van der Waals surface area contributed by atoms with Crippen LogP contribution in [-0.2, 0) is 4.79 Å². The first kappa shape index (κ1) is 10.8. The van der Waals surface area contributed by atoms with Gasteiger partial charge in [-0.15, -0.1) is 0 Å². The summed E-state index contributed by atoms with van der Waals surface area (Å²) in [5, 5.41) is 0. The molecule has 0 aliphatic heterocycles. The van der Waals surface area contributed by atoms with Crippen molar-refractivity contribution in [1.29, 1.82) is 0 Å². The SMILES string of the molecule is C=C/C(=C\C=C/C(C)F)C(C)=O. The first-order valence-electron chi connectivity index (χ1n) is 3.74. The minimum absolute atomic E-state index is 0.0684. The van der Waals surface area contributed by atoms with Gasteiger partial charge in [0.05, 0.1) is 0 Å². The van der Waals surface area contributed by atoms with Gasteiger partial charge in [0.15, 0.2) is 5.78 Å². The van der Waals surface area contributed by atoms with Crippen molar-refractivity contribution in [3.8, 4) is 0 Å². The van der Waals surface area contributed by atoms with Crippen molar-refractivity contribution < 1.29 is 9.18 Å². The third-order valence-corrected chi connectivity index (χ3v) is 1.28. The predicted octanol–water partition coefficient (Wildman–Crippen LogP) is 2.60. The minimum atomic E-state index is -0.987. The summed E-state index contributed by atoms with van der Waals surface area (Å²) >= 11 is 0. The lowest BCUT2D eigenvalue weighted by Crippen LogP contribution is -1.91. The van der Waals surface area contributed by atoms with E-state index in [1.54, 1.807) is 6.08 Å². The lowest BCUT2D eigenvalue weighted by Gasteiger charge is -1.91. The molecule has 0 aromatic rings. The fraction of sp³-hybridized carbons (Fsp3) is 0.300. The molecule has 0 saturated carbocycles. The van der Waals surface area contributed by atoms with Gasteiger partial charge in [0.1, 0.15) is 6.17 Å². The summed E-state index contributed by atoms with van der Waals surface area (Å²) in [6, 6.07) is 0. The van der Waals surface area contributed by atoms with Crippen LogP contribution in [0.15, 0.2) is 36.5 Å². The Kier molecular flexibility index (Phi) is 4.93. The Hall–Kier alpha value is -1.18. The van der Waals surface area contributed by atoms with Crippen molar-refractivity contribution >= 4 is 5.78 Å². The van der Waals surface area contributed by atoms with E-state index in [1.807, 2.05) is 0 Å². The molecule has 0 aliphatic rings. The summed E-state index contributed by atoms with van der Waals surface area (Å²) in [6.45, 7) is 6.33. The molecule has 0 spiro atoms. The van der Waals surface area contributed by atoms with E-state index in [1.165, 1.54) is 32.1 Å². The maximum Gasteiger partial charge on any atom is 0.159 e. The highest BCUT2D eigenvalue weighted by atomic mass is 19.1. The van der Waals surface area contributed by atoms with Crippen LogP contribution in [0.1, 0.15) is 13.8 Å². The molecule has 1 atom stereocenters. The van der Waals surface area contributed by atoms with Gasteiger partial charge < -0.3 is 0 Å². The topological polar surface area (TPSA) is 17.1 Å². The number of Topliss-reactive ketones (excluding diaryl/α,β-unsaturated/α-hetero) is 1. The summed E-state index contributed by atoms with van der Waals surface area (Å²) in [6.07, 6.45) is 4.90. The number of allylic oxidation sites excluding steroid dienone is 5. The van der Waals surface area contributed by atoms with Crippen LogP contribution in [-0.4, -0.2) is 12.0 Å². The Balaban J connectivity index is 4.31. The largest absolute Gasteiger partial charge is 0.295 e. The van der Waals surface area contributed by atoms with E-state index < -0.39 is 6.17 Å². The van der Waals surface area contributed by atoms with E-state index in [-0.39, 0.29) is 5.78 Å². The second-order valence-electron chi connectivity index (χ2n) is 2.44.